The third-order valence-corrected chi connectivity index (χ3v) is 3.60. The van der Waals surface area contributed by atoms with Gasteiger partial charge in [-0.3, -0.25) is 9.59 Å². The zero-order chi connectivity index (χ0) is 20.9. The normalized spacial score (nSPS) is 12.1. The summed E-state index contributed by atoms with van der Waals surface area (Å²) in [4.78, 5) is 23.8. The van der Waals surface area contributed by atoms with Gasteiger partial charge in [0.15, 0.2) is 0 Å². The van der Waals surface area contributed by atoms with E-state index >= 15 is 0 Å². The molecule has 0 saturated heterocycles. The molecule has 0 spiro atoms. The summed E-state index contributed by atoms with van der Waals surface area (Å²) >= 11 is 0. The molecule has 0 aliphatic heterocycles. The van der Waals surface area contributed by atoms with E-state index < -0.39 is 10.8 Å². The summed E-state index contributed by atoms with van der Waals surface area (Å²) < 4.78 is 10.6. The molecule has 0 amide bonds. The van der Waals surface area contributed by atoms with Gasteiger partial charge in [0.05, 0.1) is 22.2 Å². The predicted molar refractivity (Wildman–Crippen MR) is 107 cm³/mol. The van der Waals surface area contributed by atoms with Crippen molar-refractivity contribution in [3.63, 3.8) is 0 Å². The van der Waals surface area contributed by atoms with E-state index in [4.69, 9.17) is 9.47 Å². The highest BCUT2D eigenvalue weighted by molar-refractivity contribution is 5.78. The van der Waals surface area contributed by atoms with Crippen LogP contribution in [0.2, 0.25) is 0 Å². The van der Waals surface area contributed by atoms with Crippen molar-refractivity contribution < 1.29 is 19.1 Å². The minimum Gasteiger partial charge on any atom is -0.426 e. The first-order valence-corrected chi connectivity index (χ1v) is 9.01. The van der Waals surface area contributed by atoms with Crippen LogP contribution in [0.15, 0.2) is 58.8 Å². The Morgan fingerprint density at radius 3 is 1.14 bits per heavy atom. The molecule has 6 heteroatoms. The maximum absolute atomic E-state index is 11.9. The average Bonchev–Trinajstić information content (AvgIpc) is 2.60. The van der Waals surface area contributed by atoms with Gasteiger partial charge in [0.2, 0.25) is 0 Å². The average molecular weight is 382 g/mol. The van der Waals surface area contributed by atoms with Gasteiger partial charge in [0, 0.05) is 0 Å². The van der Waals surface area contributed by atoms with Gasteiger partial charge >= 0.3 is 11.9 Å². The van der Waals surface area contributed by atoms with Gasteiger partial charge in [-0.05, 0) is 90.1 Å². The Balaban J connectivity index is 1.98. The third kappa shape index (κ3) is 6.30. The van der Waals surface area contributed by atoms with Gasteiger partial charge in [0.25, 0.3) is 0 Å². The van der Waals surface area contributed by atoms with Crippen LogP contribution in [-0.2, 0) is 9.59 Å². The first-order valence-electron chi connectivity index (χ1n) is 9.01. The monoisotopic (exact) mass is 382 g/mol. The molecule has 6 nitrogen and oxygen atoms in total. The molecule has 0 unspecified atom stereocenters. The van der Waals surface area contributed by atoms with Gasteiger partial charge in [-0.2, -0.15) is 10.2 Å². The van der Waals surface area contributed by atoms with Crippen molar-refractivity contribution in [3.8, 4) is 11.5 Å². The lowest BCUT2D eigenvalue weighted by molar-refractivity contribution is -0.143. The van der Waals surface area contributed by atoms with E-state index in [9.17, 15) is 9.59 Å². The van der Waals surface area contributed by atoms with Gasteiger partial charge in [0.1, 0.15) is 11.5 Å². The number of hydrogen-bond donors (Lipinski definition) is 0. The second-order valence-corrected chi connectivity index (χ2v) is 8.47. The molecule has 0 fully saturated rings. The van der Waals surface area contributed by atoms with Crippen LogP contribution in [0.5, 0.6) is 11.5 Å². The number of azo groups is 1. The predicted octanol–water partition coefficient (Wildman–Crippen LogP) is 6.01. The van der Waals surface area contributed by atoms with Crippen LogP contribution in [0.3, 0.4) is 0 Å². The van der Waals surface area contributed by atoms with E-state index in [1.54, 1.807) is 90.1 Å². The van der Waals surface area contributed by atoms with E-state index in [0.29, 0.717) is 22.9 Å². The summed E-state index contributed by atoms with van der Waals surface area (Å²) in [6, 6.07) is 13.6. The zero-order valence-corrected chi connectivity index (χ0v) is 17.1. The second kappa shape index (κ2) is 8.33. The Morgan fingerprint density at radius 2 is 0.893 bits per heavy atom. The van der Waals surface area contributed by atoms with Crippen molar-refractivity contribution in [3.05, 3.63) is 48.5 Å². The van der Waals surface area contributed by atoms with Gasteiger partial charge in [-0.1, -0.05) is 0 Å². The fourth-order valence-electron chi connectivity index (χ4n) is 1.80. The van der Waals surface area contributed by atoms with Gasteiger partial charge in [-0.15, -0.1) is 0 Å². The molecule has 2 rings (SSSR count). The molecule has 0 atom stereocenters. The maximum Gasteiger partial charge on any atom is 0.316 e. The third-order valence-electron chi connectivity index (χ3n) is 3.60. The number of carbonyl (C=O) groups excluding carboxylic acids is 2. The molecule has 0 aromatic heterocycles. The standard InChI is InChI=1S/C22H26N2O4/c1-21(2,3)19(25)27-17-11-7-15(8-12-17)23-24-16-9-13-18(14-10-16)28-20(26)22(4,5)6/h7-14H,1-6H3. The molecular formula is C22H26N2O4. The number of rotatable bonds is 4. The highest BCUT2D eigenvalue weighted by Crippen LogP contribution is 2.25. The minimum atomic E-state index is -0.564. The van der Waals surface area contributed by atoms with E-state index in [0.717, 1.165) is 0 Å². The van der Waals surface area contributed by atoms with Crippen LogP contribution in [0.4, 0.5) is 11.4 Å². The Kier molecular flexibility index (Phi) is 6.33. The topological polar surface area (TPSA) is 77.3 Å². The van der Waals surface area contributed by atoms with Crippen LogP contribution >= 0.6 is 0 Å². The summed E-state index contributed by atoms with van der Waals surface area (Å²) in [5.74, 6) is 0.330. The molecular weight excluding hydrogens is 356 g/mol. The summed E-state index contributed by atoms with van der Waals surface area (Å²) in [6.07, 6.45) is 0. The quantitative estimate of drug-likeness (QED) is 0.369. The van der Waals surface area contributed by atoms with Crippen LogP contribution in [0.25, 0.3) is 0 Å². The van der Waals surface area contributed by atoms with Gasteiger partial charge in [-0.25, -0.2) is 0 Å². The Hall–Kier alpha value is -3.02. The van der Waals surface area contributed by atoms with Crippen LogP contribution in [-0.4, -0.2) is 11.9 Å². The van der Waals surface area contributed by atoms with E-state index in [1.807, 2.05) is 0 Å². The second-order valence-electron chi connectivity index (χ2n) is 8.47. The number of esters is 2. The van der Waals surface area contributed by atoms with Crippen molar-refractivity contribution in [2.24, 2.45) is 21.1 Å². The minimum absolute atomic E-state index is 0.297. The van der Waals surface area contributed by atoms with Crippen LogP contribution in [0, 0.1) is 10.8 Å². The number of ether oxygens (including phenoxy) is 2. The largest absolute Gasteiger partial charge is 0.426 e. The number of carbonyl (C=O) groups is 2. The van der Waals surface area contributed by atoms with E-state index in [2.05, 4.69) is 10.2 Å². The Bertz CT molecular complexity index is 782. The zero-order valence-electron chi connectivity index (χ0n) is 17.1. The molecule has 2 aromatic rings. The summed E-state index contributed by atoms with van der Waals surface area (Å²) in [6.45, 7) is 10.8. The molecule has 148 valence electrons. The van der Waals surface area contributed by atoms with E-state index in [1.165, 1.54) is 0 Å². The summed E-state index contributed by atoms with van der Waals surface area (Å²) in [5, 5.41) is 8.30. The molecule has 0 bridgehead atoms. The fourth-order valence-corrected chi connectivity index (χ4v) is 1.80. The lowest BCUT2D eigenvalue weighted by atomic mass is 9.97. The van der Waals surface area contributed by atoms with Crippen molar-refractivity contribution in [2.45, 2.75) is 41.5 Å². The number of benzene rings is 2. The van der Waals surface area contributed by atoms with Crippen LogP contribution in [0.1, 0.15) is 41.5 Å². The van der Waals surface area contributed by atoms with Crippen molar-refractivity contribution in [2.75, 3.05) is 0 Å². The number of hydrogen-bond acceptors (Lipinski definition) is 6. The first-order chi connectivity index (χ1) is 12.9. The van der Waals surface area contributed by atoms with Crippen LogP contribution < -0.4 is 9.47 Å². The van der Waals surface area contributed by atoms with Gasteiger partial charge < -0.3 is 9.47 Å². The first kappa shape index (κ1) is 21.3. The molecule has 0 aliphatic carbocycles. The molecule has 0 N–H and O–H groups in total. The summed E-state index contributed by atoms with van der Waals surface area (Å²) in [7, 11) is 0. The SMILES string of the molecule is CC(C)(C)C(=O)Oc1ccc(N=Nc2ccc(OC(=O)C(C)(C)C)cc2)cc1. The Morgan fingerprint density at radius 1 is 0.607 bits per heavy atom. The van der Waals surface area contributed by atoms with E-state index in [-0.39, 0.29) is 11.9 Å². The van der Waals surface area contributed by atoms with Crippen molar-refractivity contribution in [1.29, 1.82) is 0 Å². The maximum atomic E-state index is 11.9. The number of nitrogens with zero attached hydrogens (tertiary/aromatic N) is 2. The molecule has 0 heterocycles. The molecule has 0 aliphatic rings. The highest BCUT2D eigenvalue weighted by atomic mass is 16.5. The fraction of sp³-hybridized carbons (Fsp3) is 0.364. The molecule has 0 radical (unpaired) electrons. The highest BCUT2D eigenvalue weighted by Gasteiger charge is 2.24. The summed E-state index contributed by atoms with van der Waals surface area (Å²) in [5.41, 5.74) is 0.120. The Labute approximate surface area is 165 Å². The lowest BCUT2D eigenvalue weighted by Gasteiger charge is -2.16. The smallest absolute Gasteiger partial charge is 0.316 e. The van der Waals surface area contributed by atoms with Crippen molar-refractivity contribution in [1.82, 2.24) is 0 Å². The molecule has 2 aromatic carbocycles. The lowest BCUT2D eigenvalue weighted by Crippen LogP contribution is -2.25. The molecule has 28 heavy (non-hydrogen) atoms. The molecule has 0 saturated carbocycles. The van der Waals surface area contributed by atoms with Crippen molar-refractivity contribution >= 4 is 23.3 Å².